The van der Waals surface area contributed by atoms with Gasteiger partial charge in [0, 0.05) is 18.5 Å². The predicted molar refractivity (Wildman–Crippen MR) is 79.3 cm³/mol. The zero-order chi connectivity index (χ0) is 14.9. The lowest BCUT2D eigenvalue weighted by Gasteiger charge is -2.30. The van der Waals surface area contributed by atoms with Crippen LogP contribution in [0.4, 0.5) is 0 Å². The predicted octanol–water partition coefficient (Wildman–Crippen LogP) is 1.80. The smallest absolute Gasteiger partial charge is 0.177 e. The molecule has 1 aliphatic rings. The van der Waals surface area contributed by atoms with Crippen LogP contribution in [0.2, 0.25) is 0 Å². The van der Waals surface area contributed by atoms with Gasteiger partial charge in [0.25, 0.3) is 0 Å². The molecule has 3 aromatic heterocycles. The number of hydrogen-bond acceptors (Lipinski definition) is 6. The average Bonchev–Trinajstić information content (AvgIpc) is 3.17. The van der Waals surface area contributed by atoms with Crippen molar-refractivity contribution in [1.82, 2.24) is 29.9 Å². The third kappa shape index (κ3) is 2.48. The van der Waals surface area contributed by atoms with Gasteiger partial charge in [-0.25, -0.2) is 0 Å². The molecule has 4 rings (SSSR count). The van der Waals surface area contributed by atoms with E-state index in [-0.39, 0.29) is 0 Å². The van der Waals surface area contributed by atoms with Gasteiger partial charge in [-0.05, 0) is 45.0 Å². The molecule has 0 radical (unpaired) electrons. The second-order valence-electron chi connectivity index (χ2n) is 5.84. The van der Waals surface area contributed by atoms with Crippen molar-refractivity contribution in [3.63, 3.8) is 0 Å². The van der Waals surface area contributed by atoms with Gasteiger partial charge in [0.15, 0.2) is 11.5 Å². The maximum atomic E-state index is 4.89. The van der Waals surface area contributed by atoms with Gasteiger partial charge in [-0.1, -0.05) is 5.16 Å². The van der Waals surface area contributed by atoms with Crippen molar-refractivity contribution in [2.45, 2.75) is 32.2 Å². The summed E-state index contributed by atoms with van der Waals surface area (Å²) in [5.74, 6) is 1.40. The third-order valence-electron chi connectivity index (χ3n) is 4.25. The molecule has 22 heavy (non-hydrogen) atoms. The first-order chi connectivity index (χ1) is 10.8. The Bertz CT molecular complexity index is 758. The van der Waals surface area contributed by atoms with Crippen molar-refractivity contribution in [3.05, 3.63) is 41.7 Å². The van der Waals surface area contributed by atoms with Gasteiger partial charge in [-0.15, -0.1) is 10.2 Å². The molecule has 0 aliphatic carbocycles. The molecule has 1 fully saturated rings. The number of piperidine rings is 1. The first-order valence-corrected chi connectivity index (χ1v) is 7.60. The highest BCUT2D eigenvalue weighted by atomic mass is 16.5. The zero-order valence-electron chi connectivity index (χ0n) is 12.5. The normalized spacial score (nSPS) is 17.3. The van der Waals surface area contributed by atoms with E-state index in [0.717, 1.165) is 55.3 Å². The van der Waals surface area contributed by atoms with Crippen LogP contribution in [0.25, 0.3) is 5.65 Å². The lowest BCUT2D eigenvalue weighted by atomic mass is 9.96. The molecule has 0 saturated carbocycles. The molecule has 0 atom stereocenters. The van der Waals surface area contributed by atoms with Crippen LogP contribution >= 0.6 is 0 Å². The van der Waals surface area contributed by atoms with E-state index in [1.165, 1.54) is 0 Å². The van der Waals surface area contributed by atoms with E-state index in [2.05, 4.69) is 25.4 Å². The summed E-state index contributed by atoms with van der Waals surface area (Å²) in [7, 11) is 0. The molecule has 7 heteroatoms. The van der Waals surface area contributed by atoms with Crippen molar-refractivity contribution < 1.29 is 4.52 Å². The third-order valence-corrected chi connectivity index (χ3v) is 4.25. The van der Waals surface area contributed by atoms with Gasteiger partial charge >= 0.3 is 0 Å². The Morgan fingerprint density at radius 2 is 2.05 bits per heavy atom. The molecule has 0 unspecified atom stereocenters. The van der Waals surface area contributed by atoms with E-state index in [4.69, 9.17) is 4.52 Å². The van der Waals surface area contributed by atoms with Gasteiger partial charge in [-0.3, -0.25) is 4.90 Å². The van der Waals surface area contributed by atoms with Crippen molar-refractivity contribution in [1.29, 1.82) is 0 Å². The first-order valence-electron chi connectivity index (χ1n) is 7.60. The zero-order valence-corrected chi connectivity index (χ0v) is 12.5. The summed E-state index contributed by atoms with van der Waals surface area (Å²) in [6.45, 7) is 4.89. The fourth-order valence-electron chi connectivity index (χ4n) is 3.05. The minimum Gasteiger partial charge on any atom is -0.364 e. The Hall–Kier alpha value is -2.28. The number of rotatable bonds is 3. The van der Waals surface area contributed by atoms with Crippen molar-refractivity contribution in [2.24, 2.45) is 0 Å². The topological polar surface area (TPSA) is 72.4 Å². The number of hydrogen-bond donors (Lipinski definition) is 0. The van der Waals surface area contributed by atoms with Crippen LogP contribution in [-0.4, -0.2) is 43.0 Å². The summed E-state index contributed by atoms with van der Waals surface area (Å²) in [6, 6.07) is 5.86. The van der Waals surface area contributed by atoms with Crippen LogP contribution in [0.3, 0.4) is 0 Å². The summed E-state index contributed by atoms with van der Waals surface area (Å²) >= 11 is 0. The lowest BCUT2D eigenvalue weighted by molar-refractivity contribution is 0.196. The van der Waals surface area contributed by atoms with Crippen LogP contribution in [0, 0.1) is 6.92 Å². The van der Waals surface area contributed by atoms with Crippen molar-refractivity contribution >= 4 is 5.65 Å². The molecule has 1 saturated heterocycles. The highest BCUT2D eigenvalue weighted by molar-refractivity contribution is 5.36. The summed E-state index contributed by atoms with van der Waals surface area (Å²) in [5.41, 5.74) is 2.80. The van der Waals surface area contributed by atoms with Crippen LogP contribution in [0.5, 0.6) is 0 Å². The van der Waals surface area contributed by atoms with Crippen LogP contribution in [0.1, 0.15) is 36.0 Å². The molecule has 1 aliphatic heterocycles. The summed E-state index contributed by atoms with van der Waals surface area (Å²) in [6.07, 6.45) is 3.75. The molecule has 4 heterocycles. The van der Waals surface area contributed by atoms with Crippen molar-refractivity contribution in [3.8, 4) is 0 Å². The van der Waals surface area contributed by atoms with Crippen LogP contribution in [0.15, 0.2) is 29.0 Å². The summed E-state index contributed by atoms with van der Waals surface area (Å²) in [5, 5.41) is 17.1. The Morgan fingerprint density at radius 3 is 2.82 bits per heavy atom. The second kappa shape index (κ2) is 5.49. The number of aromatic nitrogens is 5. The molecule has 0 spiro atoms. The number of fused-ring (bicyclic) bond motifs is 1. The standard InChI is InChI=1S/C15H18N6O/c1-11-2-3-14-16-17-15(21(14)18-11)12-4-7-20(8-5-12)10-13-6-9-22-19-13/h2-3,6,9,12H,4-5,7-8,10H2,1H3. The molecular formula is C15H18N6O. The minimum atomic E-state index is 0.415. The van der Waals surface area contributed by atoms with E-state index in [9.17, 15) is 0 Å². The molecule has 0 amide bonds. The monoisotopic (exact) mass is 298 g/mol. The van der Waals surface area contributed by atoms with Crippen LogP contribution in [-0.2, 0) is 6.54 Å². The van der Waals surface area contributed by atoms with Gasteiger partial charge in [0.05, 0.1) is 11.4 Å². The minimum absolute atomic E-state index is 0.415. The molecule has 114 valence electrons. The van der Waals surface area contributed by atoms with E-state index < -0.39 is 0 Å². The fourth-order valence-corrected chi connectivity index (χ4v) is 3.05. The van der Waals surface area contributed by atoms with E-state index in [0.29, 0.717) is 5.92 Å². The summed E-state index contributed by atoms with van der Waals surface area (Å²) < 4.78 is 6.79. The van der Waals surface area contributed by atoms with E-state index in [1.54, 1.807) is 6.26 Å². The highest BCUT2D eigenvalue weighted by Crippen LogP contribution is 2.27. The summed E-state index contributed by atoms with van der Waals surface area (Å²) in [4.78, 5) is 2.40. The molecule has 0 N–H and O–H groups in total. The first kappa shape index (κ1) is 13.4. The molecule has 0 bridgehead atoms. The Balaban J connectivity index is 1.47. The maximum absolute atomic E-state index is 4.89. The largest absolute Gasteiger partial charge is 0.364 e. The van der Waals surface area contributed by atoms with Gasteiger partial charge < -0.3 is 4.52 Å². The van der Waals surface area contributed by atoms with Gasteiger partial charge in [0.2, 0.25) is 0 Å². The molecule has 3 aromatic rings. The number of likely N-dealkylation sites (tertiary alicyclic amines) is 1. The average molecular weight is 298 g/mol. The van der Waals surface area contributed by atoms with Crippen LogP contribution < -0.4 is 0 Å². The number of nitrogens with zero attached hydrogens (tertiary/aromatic N) is 6. The quantitative estimate of drug-likeness (QED) is 0.734. The SMILES string of the molecule is Cc1ccc2nnc(C3CCN(Cc4ccon4)CC3)n2n1. The van der Waals surface area contributed by atoms with Crippen molar-refractivity contribution in [2.75, 3.05) is 13.1 Å². The number of aryl methyl sites for hydroxylation is 1. The Morgan fingerprint density at radius 1 is 1.18 bits per heavy atom. The van der Waals surface area contributed by atoms with E-state index >= 15 is 0 Å². The van der Waals surface area contributed by atoms with Gasteiger partial charge in [-0.2, -0.15) is 9.61 Å². The molecule has 0 aromatic carbocycles. The second-order valence-corrected chi connectivity index (χ2v) is 5.84. The van der Waals surface area contributed by atoms with E-state index in [1.807, 2.05) is 29.6 Å². The maximum Gasteiger partial charge on any atom is 0.177 e. The Kier molecular flexibility index (Phi) is 3.34. The van der Waals surface area contributed by atoms with Gasteiger partial charge in [0.1, 0.15) is 6.26 Å². The molecular weight excluding hydrogens is 280 g/mol. The molecule has 7 nitrogen and oxygen atoms in total. The fraction of sp³-hybridized carbons (Fsp3) is 0.467. The highest BCUT2D eigenvalue weighted by Gasteiger charge is 2.25. The lowest BCUT2D eigenvalue weighted by Crippen LogP contribution is -2.33. The Labute approximate surface area is 127 Å².